The molecule has 0 saturated carbocycles. The van der Waals surface area contributed by atoms with Gasteiger partial charge in [0.15, 0.2) is 0 Å². The first-order valence-electron chi connectivity index (χ1n) is 5.32. The molecule has 1 rings (SSSR count). The summed E-state index contributed by atoms with van der Waals surface area (Å²) >= 11 is 0. The van der Waals surface area contributed by atoms with Gasteiger partial charge in [-0.05, 0) is 14.0 Å². The van der Waals surface area contributed by atoms with Gasteiger partial charge in [0.2, 0.25) is 10.0 Å². The van der Waals surface area contributed by atoms with Crippen molar-refractivity contribution in [1.82, 2.24) is 14.5 Å². The summed E-state index contributed by atoms with van der Waals surface area (Å²) in [5.41, 5.74) is 0. The Bertz CT molecular complexity index is 292. The van der Waals surface area contributed by atoms with Gasteiger partial charge in [0, 0.05) is 39.3 Å². The van der Waals surface area contributed by atoms with E-state index in [1.807, 2.05) is 7.05 Å². The molecule has 1 saturated heterocycles. The molecule has 0 aromatic heterocycles. The molecule has 0 aliphatic carbocycles. The van der Waals surface area contributed by atoms with Crippen LogP contribution in [0.25, 0.3) is 0 Å². The first kappa shape index (κ1) is 12.9. The van der Waals surface area contributed by atoms with Crippen LogP contribution >= 0.6 is 0 Å². The minimum Gasteiger partial charge on any atom is -0.314 e. The predicted molar refractivity (Wildman–Crippen MR) is 61.4 cm³/mol. The third kappa shape index (κ3) is 3.41. The highest BCUT2D eigenvalue weighted by molar-refractivity contribution is 7.89. The predicted octanol–water partition coefficient (Wildman–Crippen LogP) is -0.828. The third-order valence-electron chi connectivity index (χ3n) is 2.95. The second kappa shape index (κ2) is 5.25. The molecule has 1 N–H and O–H groups in total. The van der Waals surface area contributed by atoms with E-state index in [-0.39, 0.29) is 11.8 Å². The van der Waals surface area contributed by atoms with Crippen LogP contribution in [0, 0.1) is 0 Å². The van der Waals surface area contributed by atoms with E-state index in [0.717, 1.165) is 19.6 Å². The topological polar surface area (TPSA) is 52.7 Å². The van der Waals surface area contributed by atoms with Crippen LogP contribution < -0.4 is 5.32 Å². The van der Waals surface area contributed by atoms with E-state index < -0.39 is 10.0 Å². The summed E-state index contributed by atoms with van der Waals surface area (Å²) in [6.45, 7) is 5.07. The number of nitrogens with one attached hydrogen (secondary N) is 1. The molecule has 5 nitrogen and oxygen atoms in total. The van der Waals surface area contributed by atoms with Crippen molar-refractivity contribution in [2.45, 2.75) is 13.0 Å². The summed E-state index contributed by atoms with van der Waals surface area (Å²) in [4.78, 5) is 2.21. The van der Waals surface area contributed by atoms with Gasteiger partial charge in [-0.1, -0.05) is 0 Å². The van der Waals surface area contributed by atoms with Crippen LogP contribution in [-0.4, -0.2) is 69.7 Å². The van der Waals surface area contributed by atoms with Crippen LogP contribution in [-0.2, 0) is 10.0 Å². The molecular formula is C9H21N3O2S. The lowest BCUT2D eigenvalue weighted by Gasteiger charge is -2.35. The van der Waals surface area contributed by atoms with Gasteiger partial charge in [-0.3, -0.25) is 4.90 Å². The van der Waals surface area contributed by atoms with Gasteiger partial charge >= 0.3 is 0 Å². The lowest BCUT2D eigenvalue weighted by Crippen LogP contribution is -2.54. The van der Waals surface area contributed by atoms with Crippen LogP contribution in [0.3, 0.4) is 0 Å². The molecule has 0 radical (unpaired) electrons. The Kier molecular flexibility index (Phi) is 4.51. The maximum absolute atomic E-state index is 11.6. The van der Waals surface area contributed by atoms with E-state index in [9.17, 15) is 8.42 Å². The van der Waals surface area contributed by atoms with Crippen molar-refractivity contribution in [1.29, 1.82) is 0 Å². The third-order valence-corrected chi connectivity index (χ3v) is 4.78. The number of sulfonamides is 1. The van der Waals surface area contributed by atoms with Crippen molar-refractivity contribution in [3.05, 3.63) is 0 Å². The Morgan fingerprint density at radius 2 is 2.20 bits per heavy atom. The second-order valence-electron chi connectivity index (χ2n) is 4.02. The van der Waals surface area contributed by atoms with Crippen LogP contribution in [0.15, 0.2) is 0 Å². The first-order valence-corrected chi connectivity index (χ1v) is 6.93. The van der Waals surface area contributed by atoms with Crippen LogP contribution in [0.5, 0.6) is 0 Å². The highest BCUT2D eigenvalue weighted by atomic mass is 32.2. The smallest absolute Gasteiger partial charge is 0.213 e. The Morgan fingerprint density at radius 3 is 2.73 bits per heavy atom. The van der Waals surface area contributed by atoms with Gasteiger partial charge in [-0.2, -0.15) is 0 Å². The Labute approximate surface area is 92.5 Å². The number of likely N-dealkylation sites (N-methyl/N-ethyl adjacent to an activating group) is 2. The second-order valence-corrected chi connectivity index (χ2v) is 6.38. The molecule has 15 heavy (non-hydrogen) atoms. The van der Waals surface area contributed by atoms with Gasteiger partial charge in [0.25, 0.3) is 0 Å². The van der Waals surface area contributed by atoms with Crippen LogP contribution in [0.2, 0.25) is 0 Å². The van der Waals surface area contributed by atoms with Crippen molar-refractivity contribution in [3.8, 4) is 0 Å². The minimum absolute atomic E-state index is 0.174. The molecule has 0 aromatic rings. The highest BCUT2D eigenvalue weighted by Gasteiger charge is 2.24. The van der Waals surface area contributed by atoms with Gasteiger partial charge < -0.3 is 5.32 Å². The molecule has 0 spiro atoms. The average Bonchev–Trinajstić information content (AvgIpc) is 2.21. The highest BCUT2D eigenvalue weighted by Crippen LogP contribution is 2.05. The largest absolute Gasteiger partial charge is 0.314 e. The van der Waals surface area contributed by atoms with E-state index in [4.69, 9.17) is 0 Å². The number of hydrogen-bond acceptors (Lipinski definition) is 4. The van der Waals surface area contributed by atoms with Crippen molar-refractivity contribution in [2.75, 3.05) is 46.0 Å². The molecule has 90 valence electrons. The molecule has 1 atom stereocenters. The van der Waals surface area contributed by atoms with Crippen molar-refractivity contribution in [2.24, 2.45) is 0 Å². The summed E-state index contributed by atoms with van der Waals surface area (Å²) in [5.74, 6) is 0.174. The van der Waals surface area contributed by atoms with Gasteiger partial charge in [-0.25, -0.2) is 12.7 Å². The van der Waals surface area contributed by atoms with Crippen LogP contribution in [0.4, 0.5) is 0 Å². The fraction of sp³-hybridized carbons (Fsp3) is 1.00. The average molecular weight is 235 g/mol. The van der Waals surface area contributed by atoms with Gasteiger partial charge in [0.05, 0.1) is 5.75 Å². The number of piperazine rings is 1. The fourth-order valence-corrected chi connectivity index (χ4v) is 2.54. The van der Waals surface area contributed by atoms with Crippen molar-refractivity contribution < 1.29 is 8.42 Å². The SMILES string of the molecule is CCS(=O)(=O)N(C)CC1CNCCN1C. The quantitative estimate of drug-likeness (QED) is 0.691. The van der Waals surface area contributed by atoms with Crippen molar-refractivity contribution in [3.63, 3.8) is 0 Å². The number of rotatable bonds is 4. The van der Waals surface area contributed by atoms with Gasteiger partial charge in [-0.15, -0.1) is 0 Å². The Hall–Kier alpha value is -0.170. The molecule has 6 heteroatoms. The number of hydrogen-bond donors (Lipinski definition) is 1. The zero-order valence-electron chi connectivity index (χ0n) is 9.73. The monoisotopic (exact) mass is 235 g/mol. The molecule has 1 aliphatic heterocycles. The summed E-state index contributed by atoms with van der Waals surface area (Å²) in [5, 5.41) is 3.28. The molecule has 0 aromatic carbocycles. The standard InChI is InChI=1S/C9H21N3O2S/c1-4-15(13,14)12(3)8-9-7-10-5-6-11(9)2/h9-10H,4-8H2,1-3H3. The molecule has 1 aliphatic rings. The Morgan fingerprint density at radius 1 is 1.53 bits per heavy atom. The van der Waals surface area contributed by atoms with E-state index >= 15 is 0 Å². The molecule has 1 fully saturated rings. The maximum atomic E-state index is 11.6. The normalized spacial score (nSPS) is 24.7. The lowest BCUT2D eigenvalue weighted by molar-refractivity contribution is 0.179. The summed E-state index contributed by atoms with van der Waals surface area (Å²) < 4.78 is 24.6. The number of nitrogens with zero attached hydrogens (tertiary/aromatic N) is 2. The minimum atomic E-state index is -3.04. The summed E-state index contributed by atoms with van der Waals surface area (Å²) in [7, 11) is 0.652. The molecule has 0 amide bonds. The van der Waals surface area contributed by atoms with Crippen LogP contribution in [0.1, 0.15) is 6.92 Å². The summed E-state index contributed by atoms with van der Waals surface area (Å²) in [6.07, 6.45) is 0. The maximum Gasteiger partial charge on any atom is 0.213 e. The van der Waals surface area contributed by atoms with Crippen molar-refractivity contribution >= 4 is 10.0 Å². The molecule has 1 heterocycles. The molecule has 1 unspecified atom stereocenters. The zero-order chi connectivity index (χ0) is 11.5. The lowest BCUT2D eigenvalue weighted by atomic mass is 10.2. The van der Waals surface area contributed by atoms with E-state index in [1.165, 1.54) is 4.31 Å². The van der Waals surface area contributed by atoms with E-state index in [0.29, 0.717) is 6.54 Å². The fourth-order valence-electron chi connectivity index (χ4n) is 1.70. The van der Waals surface area contributed by atoms with Gasteiger partial charge in [0.1, 0.15) is 0 Å². The summed E-state index contributed by atoms with van der Waals surface area (Å²) in [6, 6.07) is 0.282. The molecule has 0 bridgehead atoms. The first-order chi connectivity index (χ1) is 6.97. The molecular weight excluding hydrogens is 214 g/mol. The Balaban J connectivity index is 2.53. The van der Waals surface area contributed by atoms with E-state index in [1.54, 1.807) is 14.0 Å². The zero-order valence-corrected chi connectivity index (χ0v) is 10.5. The van der Waals surface area contributed by atoms with E-state index in [2.05, 4.69) is 10.2 Å².